The lowest BCUT2D eigenvalue weighted by Crippen LogP contribution is -2.34. The quantitative estimate of drug-likeness (QED) is 0.164. The van der Waals surface area contributed by atoms with E-state index in [2.05, 4.69) is 170 Å². The van der Waals surface area contributed by atoms with Gasteiger partial charge in [-0.1, -0.05) is 118 Å². The van der Waals surface area contributed by atoms with E-state index >= 15 is 0 Å². The number of rotatable bonds is 7. The molecule has 0 aliphatic heterocycles. The summed E-state index contributed by atoms with van der Waals surface area (Å²) in [6, 6.07) is 33.8. The molecule has 3 aliphatic rings. The summed E-state index contributed by atoms with van der Waals surface area (Å²) in [7, 11) is 0. The Hall–Kier alpha value is -5.34. The molecule has 2 heteroatoms. The van der Waals surface area contributed by atoms with Gasteiger partial charge in [0.05, 0.1) is 11.6 Å². The highest BCUT2D eigenvalue weighted by molar-refractivity contribution is 5.93. The largest absolute Gasteiger partial charge is 0.335 e. The van der Waals surface area contributed by atoms with Crippen molar-refractivity contribution in [1.29, 1.82) is 0 Å². The van der Waals surface area contributed by atoms with E-state index in [-0.39, 0.29) is 11.5 Å². The molecule has 2 nitrogen and oxygen atoms in total. The van der Waals surface area contributed by atoms with Crippen LogP contribution in [0.5, 0.6) is 0 Å². The SMILES string of the molecule is C=C/C=C\c1c(C)c2cc(C3=CCC(N(C4=CCCC=C4)c4ccc5c(c4)C(C)(C)c4ccccc4-5)C=C3)ccc2n1-c1ccccc1. The van der Waals surface area contributed by atoms with Gasteiger partial charge in [0.25, 0.3) is 0 Å². The predicted octanol–water partition coefficient (Wildman–Crippen LogP) is 11.9. The summed E-state index contributed by atoms with van der Waals surface area (Å²) >= 11 is 0. The number of allylic oxidation sites excluding steroid dienone is 7. The molecule has 1 unspecified atom stereocenters. The molecule has 0 bridgehead atoms. The van der Waals surface area contributed by atoms with E-state index in [4.69, 9.17) is 0 Å². The first-order valence-corrected chi connectivity index (χ1v) is 17.2. The van der Waals surface area contributed by atoms with Crippen molar-refractivity contribution in [1.82, 2.24) is 4.57 Å². The summed E-state index contributed by atoms with van der Waals surface area (Å²) in [5.41, 5.74) is 15.5. The van der Waals surface area contributed by atoms with Crippen molar-refractivity contribution in [2.45, 2.75) is 51.5 Å². The van der Waals surface area contributed by atoms with E-state index in [1.54, 1.807) is 0 Å². The average Bonchev–Trinajstić information content (AvgIpc) is 3.54. The van der Waals surface area contributed by atoms with Crippen LogP contribution in [0.1, 0.15) is 61.1 Å². The lowest BCUT2D eigenvalue weighted by molar-refractivity contribution is 0.659. The van der Waals surface area contributed by atoms with Gasteiger partial charge in [-0.25, -0.2) is 0 Å². The molecular formula is C46H42N2. The normalized spacial score (nSPS) is 17.7. The fourth-order valence-corrected chi connectivity index (χ4v) is 8.03. The van der Waals surface area contributed by atoms with Gasteiger partial charge in [0, 0.05) is 33.6 Å². The van der Waals surface area contributed by atoms with Crippen LogP contribution in [0.3, 0.4) is 0 Å². The molecule has 236 valence electrons. The predicted molar refractivity (Wildman–Crippen MR) is 206 cm³/mol. The van der Waals surface area contributed by atoms with E-state index in [0.29, 0.717) is 0 Å². The highest BCUT2D eigenvalue weighted by atomic mass is 15.2. The maximum absolute atomic E-state index is 3.91. The molecule has 3 aliphatic carbocycles. The molecule has 48 heavy (non-hydrogen) atoms. The molecule has 0 saturated heterocycles. The number of benzene rings is 4. The number of aryl methyl sites for hydroxylation is 1. The van der Waals surface area contributed by atoms with Crippen molar-refractivity contribution >= 4 is 28.2 Å². The van der Waals surface area contributed by atoms with Crippen LogP contribution >= 0.6 is 0 Å². The third-order valence-corrected chi connectivity index (χ3v) is 10.5. The fraction of sp³-hybridized carbons (Fsp3) is 0.174. The van der Waals surface area contributed by atoms with Gasteiger partial charge < -0.3 is 9.47 Å². The first kappa shape index (κ1) is 30.0. The Morgan fingerprint density at radius 3 is 2.42 bits per heavy atom. The number of aromatic nitrogens is 1. The highest BCUT2D eigenvalue weighted by Crippen LogP contribution is 2.50. The minimum absolute atomic E-state index is 0.0303. The molecule has 0 amide bonds. The van der Waals surface area contributed by atoms with Crippen LogP contribution in [0.2, 0.25) is 0 Å². The van der Waals surface area contributed by atoms with Crippen molar-refractivity contribution in [3.63, 3.8) is 0 Å². The number of para-hydroxylation sites is 1. The second kappa shape index (κ2) is 12.0. The number of hydrogen-bond acceptors (Lipinski definition) is 1. The maximum atomic E-state index is 3.91. The van der Waals surface area contributed by atoms with Gasteiger partial charge in [0.1, 0.15) is 0 Å². The topological polar surface area (TPSA) is 8.17 Å². The second-order valence-electron chi connectivity index (χ2n) is 13.7. The molecule has 0 fully saturated rings. The highest BCUT2D eigenvalue weighted by Gasteiger charge is 2.36. The monoisotopic (exact) mass is 622 g/mol. The first-order chi connectivity index (χ1) is 23.5. The second-order valence-corrected chi connectivity index (χ2v) is 13.7. The molecule has 0 N–H and O–H groups in total. The first-order valence-electron chi connectivity index (χ1n) is 17.2. The van der Waals surface area contributed by atoms with Crippen molar-refractivity contribution in [2.24, 2.45) is 0 Å². The van der Waals surface area contributed by atoms with Crippen LogP contribution in [0.25, 0.3) is 39.4 Å². The minimum Gasteiger partial charge on any atom is -0.335 e. The maximum Gasteiger partial charge on any atom is 0.0560 e. The Morgan fingerprint density at radius 2 is 1.65 bits per heavy atom. The Kier molecular flexibility index (Phi) is 7.53. The summed E-state index contributed by atoms with van der Waals surface area (Å²) in [5.74, 6) is 0. The van der Waals surface area contributed by atoms with Gasteiger partial charge in [-0.05, 0) is 114 Å². The zero-order valence-electron chi connectivity index (χ0n) is 28.2. The third-order valence-electron chi connectivity index (χ3n) is 10.5. The van der Waals surface area contributed by atoms with E-state index in [1.165, 1.54) is 66.9 Å². The molecule has 0 saturated carbocycles. The molecule has 1 atom stereocenters. The molecule has 4 aromatic carbocycles. The van der Waals surface area contributed by atoms with Crippen LogP contribution in [0, 0.1) is 6.92 Å². The van der Waals surface area contributed by atoms with Crippen molar-refractivity contribution in [3.8, 4) is 16.8 Å². The lowest BCUT2D eigenvalue weighted by Gasteiger charge is -2.35. The summed E-state index contributed by atoms with van der Waals surface area (Å²) in [4.78, 5) is 2.56. The van der Waals surface area contributed by atoms with Gasteiger partial charge in [-0.15, -0.1) is 0 Å². The number of fused-ring (bicyclic) bond motifs is 4. The summed E-state index contributed by atoms with van der Waals surface area (Å²) in [5, 5.41) is 1.28. The van der Waals surface area contributed by atoms with Gasteiger partial charge in [-0.3, -0.25) is 0 Å². The summed E-state index contributed by atoms with van der Waals surface area (Å²) < 4.78 is 2.36. The number of nitrogens with zero attached hydrogens (tertiary/aromatic N) is 2. The van der Waals surface area contributed by atoms with E-state index in [9.17, 15) is 0 Å². The van der Waals surface area contributed by atoms with E-state index < -0.39 is 0 Å². The average molecular weight is 623 g/mol. The van der Waals surface area contributed by atoms with Crippen LogP contribution in [-0.4, -0.2) is 10.6 Å². The lowest BCUT2D eigenvalue weighted by atomic mass is 9.82. The summed E-state index contributed by atoms with van der Waals surface area (Å²) in [6.07, 6.45) is 23.4. The standard InChI is InChI=1S/C46H42N2/c1-5-6-21-44-32(2)41-30-34(24-29-45(41)48(44)36-17-11-8-12-18-36)33-22-25-37(26-23-33)47(35-15-9-7-10-16-35)38-27-28-40-39-19-13-14-20-42(39)46(3,4)43(40)31-38/h5-6,8-9,11-25,27-31,37H,1,7,10,26H2,2-4H3/b21-6-. The molecule has 5 aromatic rings. The Labute approximate surface area is 285 Å². The fourth-order valence-electron chi connectivity index (χ4n) is 8.03. The van der Waals surface area contributed by atoms with E-state index in [1.807, 2.05) is 12.2 Å². The van der Waals surface area contributed by atoms with Gasteiger partial charge >= 0.3 is 0 Å². The Morgan fingerprint density at radius 1 is 0.833 bits per heavy atom. The molecule has 0 radical (unpaired) electrons. The smallest absolute Gasteiger partial charge is 0.0560 e. The van der Waals surface area contributed by atoms with E-state index in [0.717, 1.165) is 24.9 Å². The van der Waals surface area contributed by atoms with Crippen LogP contribution < -0.4 is 4.90 Å². The van der Waals surface area contributed by atoms with Crippen LogP contribution in [0.4, 0.5) is 5.69 Å². The van der Waals surface area contributed by atoms with Gasteiger partial charge in [0.2, 0.25) is 0 Å². The Bertz CT molecular complexity index is 2210. The van der Waals surface area contributed by atoms with Gasteiger partial charge in [-0.2, -0.15) is 0 Å². The molecule has 8 rings (SSSR count). The number of hydrogen-bond donors (Lipinski definition) is 0. The third kappa shape index (κ3) is 4.95. The van der Waals surface area contributed by atoms with Gasteiger partial charge in [0.15, 0.2) is 0 Å². The summed E-state index contributed by atoms with van der Waals surface area (Å²) in [6.45, 7) is 10.9. The minimum atomic E-state index is -0.0303. The van der Waals surface area contributed by atoms with Crippen LogP contribution in [-0.2, 0) is 5.41 Å². The molecule has 1 heterocycles. The number of anilines is 1. The van der Waals surface area contributed by atoms with Crippen molar-refractivity contribution in [2.75, 3.05) is 4.90 Å². The zero-order valence-corrected chi connectivity index (χ0v) is 28.2. The van der Waals surface area contributed by atoms with Crippen molar-refractivity contribution in [3.05, 3.63) is 180 Å². The van der Waals surface area contributed by atoms with Crippen LogP contribution in [0.15, 0.2) is 152 Å². The molecular weight excluding hydrogens is 581 g/mol. The molecule has 1 aromatic heterocycles. The Balaban J connectivity index is 1.14. The zero-order chi connectivity index (χ0) is 32.8. The molecule has 0 spiro atoms. The van der Waals surface area contributed by atoms with Crippen molar-refractivity contribution < 1.29 is 0 Å².